The SMILES string of the molecule is COc1cccc(/C=C2\SC(=S)N([C@@H](CCSC)C(=O)[O-])C2=O)c1OC. The molecule has 0 aliphatic carbocycles. The van der Waals surface area contributed by atoms with E-state index in [2.05, 4.69) is 0 Å². The predicted octanol–water partition coefficient (Wildman–Crippen LogP) is 1.78. The van der Waals surface area contributed by atoms with E-state index in [1.54, 1.807) is 24.3 Å². The van der Waals surface area contributed by atoms with Crippen LogP contribution in [0.2, 0.25) is 0 Å². The molecule has 0 spiro atoms. The number of thiocarbonyl (C=S) groups is 1. The molecule has 1 fully saturated rings. The molecule has 9 heteroatoms. The number of rotatable bonds is 8. The van der Waals surface area contributed by atoms with Crippen LogP contribution in [-0.2, 0) is 9.59 Å². The van der Waals surface area contributed by atoms with Gasteiger partial charge in [0.05, 0.1) is 31.1 Å². The lowest BCUT2D eigenvalue weighted by Gasteiger charge is -2.27. The van der Waals surface area contributed by atoms with Gasteiger partial charge in [-0.05, 0) is 30.6 Å². The third-order valence-electron chi connectivity index (χ3n) is 3.72. The molecule has 140 valence electrons. The van der Waals surface area contributed by atoms with E-state index >= 15 is 0 Å². The van der Waals surface area contributed by atoms with Crippen LogP contribution < -0.4 is 14.6 Å². The highest BCUT2D eigenvalue weighted by atomic mass is 32.2. The molecule has 1 aliphatic heterocycles. The van der Waals surface area contributed by atoms with E-state index in [-0.39, 0.29) is 10.7 Å². The minimum absolute atomic E-state index is 0.207. The largest absolute Gasteiger partial charge is 0.548 e. The number of hydrogen-bond acceptors (Lipinski definition) is 8. The molecule has 0 unspecified atom stereocenters. The van der Waals surface area contributed by atoms with E-state index < -0.39 is 17.9 Å². The van der Waals surface area contributed by atoms with E-state index in [9.17, 15) is 14.7 Å². The molecule has 0 bridgehead atoms. The Morgan fingerprint density at radius 1 is 1.42 bits per heavy atom. The quantitative estimate of drug-likeness (QED) is 0.472. The first-order chi connectivity index (χ1) is 12.4. The van der Waals surface area contributed by atoms with Gasteiger partial charge >= 0.3 is 0 Å². The second-order valence-corrected chi connectivity index (χ2v) is 7.91. The Morgan fingerprint density at radius 3 is 2.73 bits per heavy atom. The fourth-order valence-electron chi connectivity index (χ4n) is 2.50. The number of carboxylic acid groups (broad SMARTS) is 1. The molecule has 1 amide bonds. The predicted molar refractivity (Wildman–Crippen MR) is 106 cm³/mol. The second-order valence-electron chi connectivity index (χ2n) is 5.25. The number of hydrogen-bond donors (Lipinski definition) is 0. The lowest BCUT2D eigenvalue weighted by molar-refractivity contribution is -0.310. The van der Waals surface area contributed by atoms with Crippen molar-refractivity contribution in [1.82, 2.24) is 4.90 Å². The van der Waals surface area contributed by atoms with Gasteiger partial charge in [-0.1, -0.05) is 36.1 Å². The van der Waals surface area contributed by atoms with Crippen molar-refractivity contribution < 1.29 is 24.2 Å². The first kappa shape index (κ1) is 20.6. The van der Waals surface area contributed by atoms with Gasteiger partial charge < -0.3 is 19.4 Å². The molecule has 1 aromatic carbocycles. The monoisotopic (exact) mass is 412 g/mol. The van der Waals surface area contributed by atoms with Crippen LogP contribution >= 0.6 is 35.7 Å². The highest BCUT2D eigenvalue weighted by molar-refractivity contribution is 8.26. The van der Waals surface area contributed by atoms with E-state index in [0.717, 1.165) is 16.7 Å². The van der Waals surface area contributed by atoms with Crippen molar-refractivity contribution in [1.29, 1.82) is 0 Å². The van der Waals surface area contributed by atoms with Crippen molar-refractivity contribution in [3.63, 3.8) is 0 Å². The van der Waals surface area contributed by atoms with Crippen molar-refractivity contribution in [3.8, 4) is 11.5 Å². The summed E-state index contributed by atoms with van der Waals surface area (Å²) in [5.41, 5.74) is 0.640. The molecule has 0 N–H and O–H groups in total. The first-order valence-electron chi connectivity index (χ1n) is 7.62. The standard InChI is InChI=1S/C17H19NO5S3/c1-22-12-6-4-5-10(14(12)23-2)9-13-15(19)18(17(24)26-13)11(16(20)21)7-8-25-3/h4-6,9,11H,7-8H2,1-3H3,(H,20,21)/p-1/b13-9-/t11-/m0/s1. The number of thioether (sulfide) groups is 2. The van der Waals surface area contributed by atoms with Gasteiger partial charge in [0.15, 0.2) is 11.5 Å². The van der Waals surface area contributed by atoms with E-state index in [4.69, 9.17) is 21.7 Å². The van der Waals surface area contributed by atoms with Crippen LogP contribution in [0, 0.1) is 0 Å². The van der Waals surface area contributed by atoms with Gasteiger partial charge in [-0.2, -0.15) is 11.8 Å². The minimum Gasteiger partial charge on any atom is -0.548 e. The molecule has 0 radical (unpaired) electrons. The first-order valence-corrected chi connectivity index (χ1v) is 10.2. The number of methoxy groups -OCH3 is 2. The number of carboxylic acids is 1. The fraction of sp³-hybridized carbons (Fsp3) is 0.353. The number of carbonyl (C=O) groups is 2. The molecule has 1 aromatic rings. The lowest BCUT2D eigenvalue weighted by Crippen LogP contribution is -2.50. The average Bonchev–Trinajstić information content (AvgIpc) is 2.89. The summed E-state index contributed by atoms with van der Waals surface area (Å²) in [5.74, 6) is -0.155. The summed E-state index contributed by atoms with van der Waals surface area (Å²) in [6, 6.07) is 4.22. The van der Waals surface area contributed by atoms with Crippen molar-refractivity contribution in [2.24, 2.45) is 0 Å². The maximum absolute atomic E-state index is 12.8. The molecule has 6 nitrogen and oxygen atoms in total. The number of nitrogens with zero attached hydrogens (tertiary/aromatic N) is 1. The van der Waals surface area contributed by atoms with Crippen LogP contribution in [-0.4, -0.2) is 53.4 Å². The topological polar surface area (TPSA) is 78.9 Å². The van der Waals surface area contributed by atoms with Crippen molar-refractivity contribution >= 4 is 58.0 Å². The van der Waals surface area contributed by atoms with Crippen LogP contribution in [0.15, 0.2) is 23.1 Å². The molecule has 0 aromatic heterocycles. The summed E-state index contributed by atoms with van der Waals surface area (Å²) < 4.78 is 10.8. The molecule has 1 heterocycles. The summed E-state index contributed by atoms with van der Waals surface area (Å²) in [5, 5.41) is 11.5. The van der Waals surface area contributed by atoms with Crippen LogP contribution in [0.25, 0.3) is 6.08 Å². The highest BCUT2D eigenvalue weighted by Gasteiger charge is 2.37. The van der Waals surface area contributed by atoms with Crippen LogP contribution in [0.1, 0.15) is 12.0 Å². The number of amides is 1. The molecule has 1 atom stereocenters. The van der Waals surface area contributed by atoms with Crippen LogP contribution in [0.5, 0.6) is 11.5 Å². The van der Waals surface area contributed by atoms with E-state index in [1.807, 2.05) is 6.26 Å². The maximum atomic E-state index is 12.8. The van der Waals surface area contributed by atoms with Crippen molar-refractivity contribution in [2.75, 3.05) is 26.2 Å². The number of aliphatic carboxylic acids is 1. The molecule has 26 heavy (non-hydrogen) atoms. The molecular formula is C17H18NO5S3-. The smallest absolute Gasteiger partial charge is 0.266 e. The number of para-hydroxylation sites is 1. The zero-order valence-corrected chi connectivity index (χ0v) is 17.0. The molecule has 0 saturated carbocycles. The Balaban J connectivity index is 2.36. The van der Waals surface area contributed by atoms with E-state index in [1.165, 1.54) is 26.0 Å². The Labute approximate surface area is 165 Å². The summed E-state index contributed by atoms with van der Waals surface area (Å²) in [6.07, 6.45) is 3.76. The van der Waals surface area contributed by atoms with Crippen LogP contribution in [0.4, 0.5) is 0 Å². The van der Waals surface area contributed by atoms with Gasteiger partial charge in [-0.25, -0.2) is 0 Å². The Hall–Kier alpha value is -1.71. The lowest BCUT2D eigenvalue weighted by atomic mass is 10.1. The van der Waals surface area contributed by atoms with Crippen molar-refractivity contribution in [2.45, 2.75) is 12.5 Å². The molecule has 1 aliphatic rings. The van der Waals surface area contributed by atoms with Crippen LogP contribution in [0.3, 0.4) is 0 Å². The Kier molecular flexibility index (Phi) is 7.36. The Bertz CT molecular complexity index is 750. The summed E-state index contributed by atoms with van der Waals surface area (Å²) in [7, 11) is 3.03. The summed E-state index contributed by atoms with van der Waals surface area (Å²) in [4.78, 5) is 25.7. The second kappa shape index (κ2) is 9.29. The minimum atomic E-state index is -1.31. The van der Waals surface area contributed by atoms with E-state index in [0.29, 0.717) is 27.7 Å². The average molecular weight is 413 g/mol. The van der Waals surface area contributed by atoms with Gasteiger partial charge in [0.1, 0.15) is 4.32 Å². The number of benzene rings is 1. The van der Waals surface area contributed by atoms with Gasteiger partial charge in [0.2, 0.25) is 0 Å². The normalized spacial score (nSPS) is 16.9. The summed E-state index contributed by atoms with van der Waals surface area (Å²) in [6.45, 7) is 0. The Morgan fingerprint density at radius 2 is 2.15 bits per heavy atom. The molecular weight excluding hydrogens is 394 g/mol. The van der Waals surface area contributed by atoms with Gasteiger partial charge in [0.25, 0.3) is 5.91 Å². The highest BCUT2D eigenvalue weighted by Crippen LogP contribution is 2.38. The zero-order valence-electron chi connectivity index (χ0n) is 14.5. The maximum Gasteiger partial charge on any atom is 0.266 e. The molecule has 2 rings (SSSR count). The summed E-state index contributed by atoms with van der Waals surface area (Å²) >= 11 is 7.80. The van der Waals surface area contributed by atoms with Gasteiger partial charge in [-0.15, -0.1) is 0 Å². The molecule has 1 saturated heterocycles. The third kappa shape index (κ3) is 4.33. The van der Waals surface area contributed by atoms with Gasteiger partial charge in [0, 0.05) is 5.56 Å². The van der Waals surface area contributed by atoms with Gasteiger partial charge in [-0.3, -0.25) is 9.69 Å². The number of ether oxygens (including phenoxy) is 2. The third-order valence-corrected chi connectivity index (χ3v) is 5.70. The zero-order chi connectivity index (χ0) is 19.3. The number of carbonyl (C=O) groups excluding carboxylic acids is 2. The van der Waals surface area contributed by atoms with Crippen molar-refractivity contribution in [3.05, 3.63) is 28.7 Å². The fourth-order valence-corrected chi connectivity index (χ4v) is 4.30.